The van der Waals surface area contributed by atoms with Crippen LogP contribution in [0.5, 0.6) is 0 Å². The highest BCUT2D eigenvalue weighted by atomic mass is 16.6. The van der Waals surface area contributed by atoms with E-state index in [0.29, 0.717) is 38.4 Å². The third-order valence-electron chi connectivity index (χ3n) is 4.56. The molecule has 3 N–H and O–H groups in total. The molecular formula is C17H25N5O4. The Hall–Kier alpha value is -2.68. The summed E-state index contributed by atoms with van der Waals surface area (Å²) in [7, 11) is 0. The number of piperazine rings is 1. The van der Waals surface area contributed by atoms with Crippen LogP contribution < -0.4 is 16.0 Å². The van der Waals surface area contributed by atoms with E-state index in [1.807, 2.05) is 23.6 Å². The molecule has 1 aromatic rings. The van der Waals surface area contributed by atoms with Crippen molar-refractivity contribution in [2.75, 3.05) is 37.6 Å². The van der Waals surface area contributed by atoms with E-state index in [9.17, 15) is 19.7 Å². The predicted octanol–water partition coefficient (Wildman–Crippen LogP) is 0.730. The minimum Gasteiger partial charge on any atom is -0.366 e. The van der Waals surface area contributed by atoms with Gasteiger partial charge in [-0.1, -0.05) is 6.92 Å². The number of nitro benzene ring substituents is 1. The van der Waals surface area contributed by atoms with E-state index >= 15 is 0 Å². The fourth-order valence-corrected chi connectivity index (χ4v) is 2.86. The molecule has 1 aromatic carbocycles. The topological polar surface area (TPSA) is 122 Å². The zero-order valence-electron chi connectivity index (χ0n) is 15.1. The summed E-state index contributed by atoms with van der Waals surface area (Å²) in [5.41, 5.74) is 5.64. The van der Waals surface area contributed by atoms with Crippen LogP contribution in [-0.2, 0) is 4.79 Å². The molecule has 0 aromatic heterocycles. The Balaban J connectivity index is 2.00. The summed E-state index contributed by atoms with van der Waals surface area (Å²) >= 11 is 0. The van der Waals surface area contributed by atoms with Crippen molar-refractivity contribution in [1.82, 2.24) is 10.2 Å². The van der Waals surface area contributed by atoms with Gasteiger partial charge in [-0.3, -0.25) is 24.6 Å². The number of benzene rings is 1. The lowest BCUT2D eigenvalue weighted by Crippen LogP contribution is -2.50. The van der Waals surface area contributed by atoms with Gasteiger partial charge in [0.05, 0.1) is 11.5 Å². The average molecular weight is 363 g/mol. The normalized spacial score (nSPS) is 16.2. The lowest BCUT2D eigenvalue weighted by atomic mass is 10.1. The first-order valence-electron chi connectivity index (χ1n) is 8.66. The van der Waals surface area contributed by atoms with Crippen molar-refractivity contribution in [3.63, 3.8) is 0 Å². The van der Waals surface area contributed by atoms with Gasteiger partial charge in [-0.05, 0) is 25.5 Å². The smallest absolute Gasteiger partial charge is 0.293 e. The Morgan fingerprint density at radius 2 is 1.96 bits per heavy atom. The van der Waals surface area contributed by atoms with Crippen LogP contribution in [0, 0.1) is 10.1 Å². The molecule has 0 bridgehead atoms. The fourth-order valence-electron chi connectivity index (χ4n) is 2.86. The van der Waals surface area contributed by atoms with Crippen molar-refractivity contribution in [2.24, 2.45) is 5.73 Å². The van der Waals surface area contributed by atoms with E-state index in [0.717, 1.165) is 6.42 Å². The molecule has 0 radical (unpaired) electrons. The molecule has 1 aliphatic rings. The number of nitrogens with one attached hydrogen (secondary N) is 1. The molecule has 0 aliphatic carbocycles. The SMILES string of the molecule is CCC(C)NC(=O)CN1CCN(c2ccc(C(N)=O)cc2[N+](=O)[O-])CC1. The fraction of sp³-hybridized carbons (Fsp3) is 0.529. The van der Waals surface area contributed by atoms with Crippen molar-refractivity contribution in [3.05, 3.63) is 33.9 Å². The van der Waals surface area contributed by atoms with Gasteiger partial charge in [0.15, 0.2) is 0 Å². The summed E-state index contributed by atoms with van der Waals surface area (Å²) in [6.07, 6.45) is 0.879. The van der Waals surface area contributed by atoms with Gasteiger partial charge in [0.25, 0.3) is 5.69 Å². The lowest BCUT2D eigenvalue weighted by molar-refractivity contribution is -0.384. The van der Waals surface area contributed by atoms with Crippen LogP contribution in [0.3, 0.4) is 0 Å². The number of nitrogens with zero attached hydrogens (tertiary/aromatic N) is 3. The lowest BCUT2D eigenvalue weighted by Gasteiger charge is -2.35. The molecule has 1 unspecified atom stereocenters. The van der Waals surface area contributed by atoms with Crippen LogP contribution in [0.1, 0.15) is 30.6 Å². The number of carbonyl (C=O) groups excluding carboxylic acids is 2. The molecule has 1 heterocycles. The van der Waals surface area contributed by atoms with Crippen molar-refractivity contribution in [1.29, 1.82) is 0 Å². The Bertz CT molecular complexity index is 686. The monoisotopic (exact) mass is 363 g/mol. The van der Waals surface area contributed by atoms with Crippen molar-refractivity contribution in [3.8, 4) is 0 Å². The summed E-state index contributed by atoms with van der Waals surface area (Å²) in [6, 6.07) is 4.42. The van der Waals surface area contributed by atoms with E-state index in [-0.39, 0.29) is 23.2 Å². The minimum atomic E-state index is -0.697. The van der Waals surface area contributed by atoms with Crippen LogP contribution in [0.4, 0.5) is 11.4 Å². The van der Waals surface area contributed by atoms with Gasteiger partial charge in [0.1, 0.15) is 5.69 Å². The first kappa shape index (κ1) is 19.6. The summed E-state index contributed by atoms with van der Waals surface area (Å²) in [5.74, 6) is -0.707. The first-order chi connectivity index (χ1) is 12.3. The van der Waals surface area contributed by atoms with Gasteiger partial charge >= 0.3 is 0 Å². The summed E-state index contributed by atoms with van der Waals surface area (Å²) < 4.78 is 0. The standard InChI is InChI=1S/C17H25N5O4/c1-3-12(2)19-16(23)11-20-6-8-21(9-7-20)14-5-4-13(17(18)24)10-15(14)22(25)26/h4-5,10,12H,3,6-9,11H2,1-2H3,(H2,18,24)(H,19,23). The molecule has 1 fully saturated rings. The van der Waals surface area contributed by atoms with E-state index in [2.05, 4.69) is 5.32 Å². The highest BCUT2D eigenvalue weighted by Crippen LogP contribution is 2.30. The first-order valence-corrected chi connectivity index (χ1v) is 8.66. The number of amides is 2. The number of nitro groups is 1. The third kappa shape index (κ3) is 4.92. The van der Waals surface area contributed by atoms with Gasteiger partial charge in [0, 0.05) is 43.9 Å². The molecule has 0 spiro atoms. The summed E-state index contributed by atoms with van der Waals surface area (Å²) in [6.45, 7) is 6.68. The maximum absolute atomic E-state index is 12.0. The zero-order valence-corrected chi connectivity index (χ0v) is 15.1. The van der Waals surface area contributed by atoms with Crippen LogP contribution in [0.15, 0.2) is 18.2 Å². The number of primary amides is 1. The Morgan fingerprint density at radius 1 is 1.31 bits per heavy atom. The number of carbonyl (C=O) groups is 2. The van der Waals surface area contributed by atoms with Gasteiger partial charge in [-0.15, -0.1) is 0 Å². The molecular weight excluding hydrogens is 338 g/mol. The predicted molar refractivity (Wildman–Crippen MR) is 98.2 cm³/mol. The number of anilines is 1. The molecule has 0 saturated carbocycles. The number of rotatable bonds is 7. The zero-order chi connectivity index (χ0) is 19.3. The maximum Gasteiger partial charge on any atom is 0.293 e. The molecule has 1 aliphatic heterocycles. The van der Waals surface area contributed by atoms with Crippen molar-refractivity contribution >= 4 is 23.2 Å². The van der Waals surface area contributed by atoms with Gasteiger partial charge < -0.3 is 16.0 Å². The maximum atomic E-state index is 12.0. The van der Waals surface area contributed by atoms with E-state index < -0.39 is 10.8 Å². The second-order valence-corrected chi connectivity index (χ2v) is 6.46. The summed E-state index contributed by atoms with van der Waals surface area (Å²) in [5, 5.41) is 14.3. The number of hydrogen-bond acceptors (Lipinski definition) is 6. The van der Waals surface area contributed by atoms with Gasteiger partial charge in [-0.25, -0.2) is 0 Å². The average Bonchev–Trinajstić information content (AvgIpc) is 2.61. The van der Waals surface area contributed by atoms with Crippen LogP contribution in [0.25, 0.3) is 0 Å². The van der Waals surface area contributed by atoms with E-state index in [1.54, 1.807) is 6.07 Å². The van der Waals surface area contributed by atoms with Crippen LogP contribution >= 0.6 is 0 Å². The molecule has 9 heteroatoms. The third-order valence-corrected chi connectivity index (χ3v) is 4.56. The summed E-state index contributed by atoms with van der Waals surface area (Å²) in [4.78, 5) is 38.0. The van der Waals surface area contributed by atoms with E-state index in [4.69, 9.17) is 5.73 Å². The van der Waals surface area contributed by atoms with Gasteiger partial charge in [-0.2, -0.15) is 0 Å². The largest absolute Gasteiger partial charge is 0.366 e. The van der Waals surface area contributed by atoms with E-state index in [1.165, 1.54) is 12.1 Å². The second kappa shape index (κ2) is 8.61. The van der Waals surface area contributed by atoms with Crippen LogP contribution in [0.2, 0.25) is 0 Å². The van der Waals surface area contributed by atoms with Crippen molar-refractivity contribution in [2.45, 2.75) is 26.3 Å². The number of nitrogens with two attached hydrogens (primary N) is 1. The Morgan fingerprint density at radius 3 is 2.50 bits per heavy atom. The molecule has 2 rings (SSSR count). The Labute approximate surface area is 152 Å². The molecule has 2 amide bonds. The Kier molecular flexibility index (Phi) is 6.51. The molecule has 1 saturated heterocycles. The second-order valence-electron chi connectivity index (χ2n) is 6.46. The van der Waals surface area contributed by atoms with Crippen molar-refractivity contribution < 1.29 is 14.5 Å². The molecule has 1 atom stereocenters. The van der Waals surface area contributed by atoms with Crippen LogP contribution in [-0.4, -0.2) is 60.4 Å². The quantitative estimate of drug-likeness (QED) is 0.544. The van der Waals surface area contributed by atoms with Gasteiger partial charge in [0.2, 0.25) is 11.8 Å². The molecule has 26 heavy (non-hydrogen) atoms. The highest BCUT2D eigenvalue weighted by Gasteiger charge is 2.25. The molecule has 9 nitrogen and oxygen atoms in total. The number of hydrogen-bond donors (Lipinski definition) is 2. The minimum absolute atomic E-state index is 0.00964. The highest BCUT2D eigenvalue weighted by molar-refractivity contribution is 5.94. The molecule has 142 valence electrons.